The van der Waals surface area contributed by atoms with E-state index >= 15 is 0 Å². The van der Waals surface area contributed by atoms with Crippen LogP contribution in [0.4, 0.5) is 34.1 Å². The third-order valence-corrected chi connectivity index (χ3v) is 14.2. The Morgan fingerprint density at radius 2 is 0.706 bits per heavy atom. The van der Waals surface area contributed by atoms with Gasteiger partial charge in [0.2, 0.25) is 0 Å². The Morgan fingerprint density at radius 1 is 0.324 bits per heavy atom. The second kappa shape index (κ2) is 15.0. The van der Waals surface area contributed by atoms with Gasteiger partial charge in [-0.25, -0.2) is 0 Å². The highest BCUT2D eigenvalue weighted by atomic mass is 16.3. The van der Waals surface area contributed by atoms with E-state index in [-0.39, 0.29) is 10.8 Å². The Balaban J connectivity index is 1.12. The molecule has 0 bridgehead atoms. The SMILES string of the molecule is Cc1ccc(N(c2ccc3ccc4c(N(c5ccc(C)cc5)c5cccc6c5oc5c(C(C)(C)C)cc(C)cc56)ccc5ccc2c3c54)c2cccc3c2oc2c(C(C)(C)C)cc(C)cc23)cc1. The minimum Gasteiger partial charge on any atom is -0.454 e. The highest BCUT2D eigenvalue weighted by Crippen LogP contribution is 2.51. The molecule has 0 fully saturated rings. The van der Waals surface area contributed by atoms with E-state index in [1.54, 1.807) is 0 Å². The summed E-state index contributed by atoms with van der Waals surface area (Å²) in [5.74, 6) is 0. The van der Waals surface area contributed by atoms with Gasteiger partial charge in [0.1, 0.15) is 11.2 Å². The molecule has 0 aliphatic heterocycles. The quantitative estimate of drug-likeness (QED) is 0.156. The van der Waals surface area contributed by atoms with Crippen LogP contribution in [0.1, 0.15) is 74.9 Å². The molecule has 0 saturated carbocycles. The first-order chi connectivity index (χ1) is 32.6. The second-order valence-corrected chi connectivity index (χ2v) is 21.3. The molecule has 2 aromatic heterocycles. The molecule has 0 N–H and O–H groups in total. The zero-order chi connectivity index (χ0) is 47.0. The molecule has 0 amide bonds. The van der Waals surface area contributed by atoms with Crippen molar-refractivity contribution in [1.82, 2.24) is 0 Å². The highest BCUT2D eigenvalue weighted by Gasteiger charge is 2.28. The average Bonchev–Trinajstić information content (AvgIpc) is 3.88. The summed E-state index contributed by atoms with van der Waals surface area (Å²) in [4.78, 5) is 4.82. The fourth-order valence-electron chi connectivity index (χ4n) is 10.9. The lowest BCUT2D eigenvalue weighted by molar-refractivity contribution is 0.572. The molecule has 4 nitrogen and oxygen atoms in total. The van der Waals surface area contributed by atoms with Crippen LogP contribution < -0.4 is 9.80 Å². The van der Waals surface area contributed by atoms with Crippen LogP contribution >= 0.6 is 0 Å². The fraction of sp³-hybridized carbons (Fsp3) is 0.188. The molecular weight excluding hydrogens is 829 g/mol. The third-order valence-electron chi connectivity index (χ3n) is 14.2. The molecule has 334 valence electrons. The molecule has 0 saturated heterocycles. The number of hydrogen-bond donors (Lipinski definition) is 0. The number of anilines is 6. The predicted octanol–water partition coefficient (Wildman–Crippen LogP) is 19.2. The van der Waals surface area contributed by atoms with E-state index in [0.717, 1.165) is 78.0 Å². The van der Waals surface area contributed by atoms with Crippen LogP contribution in [0.15, 0.2) is 167 Å². The van der Waals surface area contributed by atoms with Gasteiger partial charge in [-0.05, 0) is 132 Å². The Bertz CT molecular complexity index is 3700. The molecule has 12 rings (SSSR count). The van der Waals surface area contributed by atoms with E-state index in [4.69, 9.17) is 8.83 Å². The lowest BCUT2D eigenvalue weighted by Crippen LogP contribution is -2.12. The van der Waals surface area contributed by atoms with Crippen molar-refractivity contribution in [3.63, 3.8) is 0 Å². The maximum Gasteiger partial charge on any atom is 0.159 e. The lowest BCUT2D eigenvalue weighted by Gasteiger charge is -2.29. The van der Waals surface area contributed by atoms with E-state index in [0.29, 0.717) is 0 Å². The number of furan rings is 2. The van der Waals surface area contributed by atoms with Gasteiger partial charge in [0, 0.05) is 54.8 Å². The molecule has 68 heavy (non-hydrogen) atoms. The monoisotopic (exact) mass is 884 g/mol. The number of rotatable bonds is 6. The van der Waals surface area contributed by atoms with Gasteiger partial charge in [0.15, 0.2) is 11.2 Å². The Morgan fingerprint density at radius 3 is 1.09 bits per heavy atom. The van der Waals surface area contributed by atoms with Gasteiger partial charge in [0.25, 0.3) is 0 Å². The van der Waals surface area contributed by atoms with Crippen LogP contribution in [0, 0.1) is 27.7 Å². The first kappa shape index (κ1) is 41.8. The maximum atomic E-state index is 7.13. The van der Waals surface area contributed by atoms with Gasteiger partial charge in [0.05, 0.1) is 22.7 Å². The van der Waals surface area contributed by atoms with Gasteiger partial charge in [-0.1, -0.05) is 150 Å². The highest BCUT2D eigenvalue weighted by molar-refractivity contribution is 6.29. The summed E-state index contributed by atoms with van der Waals surface area (Å²) in [5, 5.41) is 11.7. The lowest BCUT2D eigenvalue weighted by atomic mass is 9.85. The summed E-state index contributed by atoms with van der Waals surface area (Å²) in [6, 6.07) is 58.6. The molecule has 12 aromatic rings. The summed E-state index contributed by atoms with van der Waals surface area (Å²) in [5.41, 5.74) is 17.1. The number of fused-ring (bicyclic) bond motifs is 6. The third kappa shape index (κ3) is 6.48. The number of nitrogens with zero attached hydrogens (tertiary/aromatic N) is 2. The summed E-state index contributed by atoms with van der Waals surface area (Å²) in [7, 11) is 0. The van der Waals surface area contributed by atoms with Crippen LogP contribution in [0.3, 0.4) is 0 Å². The van der Waals surface area contributed by atoms with Gasteiger partial charge < -0.3 is 18.6 Å². The fourth-order valence-corrected chi connectivity index (χ4v) is 10.9. The van der Waals surface area contributed by atoms with Crippen molar-refractivity contribution in [2.45, 2.75) is 80.1 Å². The summed E-state index contributed by atoms with van der Waals surface area (Å²) in [6.45, 7) is 22.3. The molecule has 0 atom stereocenters. The average molecular weight is 885 g/mol. The van der Waals surface area contributed by atoms with Crippen LogP contribution in [-0.2, 0) is 10.8 Å². The number of para-hydroxylation sites is 2. The minimum absolute atomic E-state index is 0.0948. The standard InChI is InChI=1S/C64H56N2O2/c1-37-17-25-43(26-18-37)65(55-15-11-13-45-49-33-39(3)35-51(63(5,6)7)59(49)67-61(45)55)53-31-23-41-22-30-48-54(32-24-42-21-29-47(53)57(41)58(42)48)66(44-27-19-38(2)20-28-44)56-16-12-14-46-50-34-40(4)36-52(64(8,9)10)60(50)68-62(46)56/h11-36H,1-10H3. The van der Waals surface area contributed by atoms with Crippen molar-refractivity contribution in [2.24, 2.45) is 0 Å². The van der Waals surface area contributed by atoms with Crippen LogP contribution in [-0.4, -0.2) is 0 Å². The molecule has 0 aliphatic rings. The van der Waals surface area contributed by atoms with Crippen molar-refractivity contribution in [3.8, 4) is 0 Å². The Labute approximate surface area is 398 Å². The Hall–Kier alpha value is -7.56. The zero-order valence-corrected chi connectivity index (χ0v) is 40.7. The van der Waals surface area contributed by atoms with E-state index < -0.39 is 0 Å². The molecule has 0 aliphatic carbocycles. The minimum atomic E-state index is -0.0948. The summed E-state index contributed by atoms with van der Waals surface area (Å²) >= 11 is 0. The van der Waals surface area contributed by atoms with Gasteiger partial charge in [-0.2, -0.15) is 0 Å². The van der Waals surface area contributed by atoms with Crippen molar-refractivity contribution in [1.29, 1.82) is 0 Å². The maximum absolute atomic E-state index is 7.13. The molecule has 0 spiro atoms. The van der Waals surface area contributed by atoms with Gasteiger partial charge in [-0.15, -0.1) is 0 Å². The second-order valence-electron chi connectivity index (χ2n) is 21.3. The van der Waals surface area contributed by atoms with Gasteiger partial charge in [-0.3, -0.25) is 0 Å². The molecule has 10 aromatic carbocycles. The van der Waals surface area contributed by atoms with E-state index in [9.17, 15) is 0 Å². The number of aryl methyl sites for hydroxylation is 4. The van der Waals surface area contributed by atoms with Crippen LogP contribution in [0.25, 0.3) is 76.2 Å². The Kier molecular flexibility index (Phi) is 9.21. The van der Waals surface area contributed by atoms with E-state index in [2.05, 4.69) is 237 Å². The van der Waals surface area contributed by atoms with Crippen molar-refractivity contribution in [2.75, 3.05) is 9.80 Å². The predicted molar refractivity (Wildman–Crippen MR) is 290 cm³/mol. The normalized spacial score (nSPS) is 12.6. The van der Waals surface area contributed by atoms with E-state index in [1.807, 2.05) is 0 Å². The van der Waals surface area contributed by atoms with Crippen LogP contribution in [0.2, 0.25) is 0 Å². The first-order valence-electron chi connectivity index (χ1n) is 24.0. The molecule has 0 unspecified atom stereocenters. The molecular formula is C64H56N2O2. The molecule has 0 radical (unpaired) electrons. The van der Waals surface area contributed by atoms with Crippen molar-refractivity contribution in [3.05, 3.63) is 191 Å². The summed E-state index contributed by atoms with van der Waals surface area (Å²) in [6.07, 6.45) is 0. The smallest absolute Gasteiger partial charge is 0.159 e. The first-order valence-corrected chi connectivity index (χ1v) is 24.0. The topological polar surface area (TPSA) is 32.8 Å². The number of hydrogen-bond acceptors (Lipinski definition) is 4. The number of benzene rings is 10. The molecule has 4 heteroatoms. The summed E-state index contributed by atoms with van der Waals surface area (Å²) < 4.78 is 14.3. The largest absolute Gasteiger partial charge is 0.454 e. The van der Waals surface area contributed by atoms with Crippen molar-refractivity contribution < 1.29 is 8.83 Å². The zero-order valence-electron chi connectivity index (χ0n) is 40.7. The van der Waals surface area contributed by atoms with Crippen molar-refractivity contribution >= 4 is 110 Å². The van der Waals surface area contributed by atoms with Gasteiger partial charge >= 0.3 is 0 Å². The van der Waals surface area contributed by atoms with E-state index in [1.165, 1.54) is 65.7 Å². The van der Waals surface area contributed by atoms with Crippen LogP contribution in [0.5, 0.6) is 0 Å². The molecule has 2 heterocycles.